The second kappa shape index (κ2) is 4.76. The Morgan fingerprint density at radius 3 is 2.50 bits per heavy atom. The van der Waals surface area contributed by atoms with Gasteiger partial charge in [0.1, 0.15) is 0 Å². The normalized spacial score (nSPS) is 12.7. The predicted octanol–water partition coefficient (Wildman–Crippen LogP) is 1.89. The van der Waals surface area contributed by atoms with Gasteiger partial charge in [-0.25, -0.2) is 0 Å². The molecule has 1 unspecified atom stereocenters. The lowest BCUT2D eigenvalue weighted by Gasteiger charge is -2.16. The van der Waals surface area contributed by atoms with Crippen molar-refractivity contribution < 1.29 is 0 Å². The molecule has 1 atom stereocenters. The number of hydrogen-bond donors (Lipinski definition) is 1. The summed E-state index contributed by atoms with van der Waals surface area (Å²) in [4.78, 5) is 0. The van der Waals surface area contributed by atoms with Crippen molar-refractivity contribution in [3.05, 3.63) is 46.2 Å². The molecule has 0 aliphatic rings. The summed E-state index contributed by atoms with van der Waals surface area (Å²) in [7, 11) is 3.82. The van der Waals surface area contributed by atoms with Gasteiger partial charge in [0, 0.05) is 11.5 Å². The van der Waals surface area contributed by atoms with E-state index in [0.717, 1.165) is 10.2 Å². The molecule has 0 fully saturated rings. The van der Waals surface area contributed by atoms with Crippen molar-refractivity contribution in [3.8, 4) is 0 Å². The van der Waals surface area contributed by atoms with Gasteiger partial charge in [0.15, 0.2) is 0 Å². The van der Waals surface area contributed by atoms with Crippen molar-refractivity contribution in [3.63, 3.8) is 0 Å². The molecule has 1 N–H and O–H groups in total. The number of benzene rings is 1. The quantitative estimate of drug-likeness (QED) is 0.934. The molecule has 0 aliphatic carbocycles. The van der Waals surface area contributed by atoms with Gasteiger partial charge in [-0.1, -0.05) is 33.3 Å². The molecule has 4 nitrogen and oxygen atoms in total. The van der Waals surface area contributed by atoms with E-state index in [2.05, 4.69) is 43.7 Å². The number of nitrogens with one attached hydrogen (secondary N) is 1. The number of aromatic nitrogens is 3. The third kappa shape index (κ3) is 2.15. The molecule has 0 saturated heterocycles. The standard InChI is InChI=1S/C11H13BrN4/c1-13-11(10-7-14-15-16(10)2)8-3-5-9(12)6-4-8/h3-7,11,13H,1-2H3. The van der Waals surface area contributed by atoms with Gasteiger partial charge >= 0.3 is 0 Å². The molecule has 0 bridgehead atoms. The second-order valence-corrected chi connectivity index (χ2v) is 4.47. The molecule has 84 valence electrons. The Balaban J connectivity index is 2.37. The van der Waals surface area contributed by atoms with Crippen LogP contribution in [0.1, 0.15) is 17.3 Å². The molecule has 1 aromatic carbocycles. The van der Waals surface area contributed by atoms with Crippen LogP contribution in [0.3, 0.4) is 0 Å². The third-order valence-electron chi connectivity index (χ3n) is 2.54. The first-order valence-electron chi connectivity index (χ1n) is 4.99. The van der Waals surface area contributed by atoms with E-state index in [0.29, 0.717) is 0 Å². The average molecular weight is 281 g/mol. The fourth-order valence-corrected chi connectivity index (χ4v) is 1.96. The third-order valence-corrected chi connectivity index (χ3v) is 3.07. The summed E-state index contributed by atoms with van der Waals surface area (Å²) in [6.45, 7) is 0. The summed E-state index contributed by atoms with van der Waals surface area (Å²) in [6.07, 6.45) is 1.78. The average Bonchev–Trinajstić information content (AvgIpc) is 2.69. The number of nitrogens with zero attached hydrogens (tertiary/aromatic N) is 3. The van der Waals surface area contributed by atoms with Gasteiger partial charge in [-0.15, -0.1) is 5.10 Å². The lowest BCUT2D eigenvalue weighted by Crippen LogP contribution is -2.20. The summed E-state index contributed by atoms with van der Waals surface area (Å²) in [5.41, 5.74) is 2.24. The van der Waals surface area contributed by atoms with Gasteiger partial charge in [-0.3, -0.25) is 4.68 Å². The smallest absolute Gasteiger partial charge is 0.0798 e. The highest BCUT2D eigenvalue weighted by molar-refractivity contribution is 9.10. The molecule has 5 heteroatoms. The van der Waals surface area contributed by atoms with Crippen molar-refractivity contribution in [2.75, 3.05) is 7.05 Å². The van der Waals surface area contributed by atoms with Gasteiger partial charge in [-0.05, 0) is 24.7 Å². The van der Waals surface area contributed by atoms with Crippen LogP contribution in [0.2, 0.25) is 0 Å². The first-order chi connectivity index (χ1) is 7.72. The number of hydrogen-bond acceptors (Lipinski definition) is 3. The molecule has 0 amide bonds. The van der Waals surface area contributed by atoms with Crippen LogP contribution in [0.5, 0.6) is 0 Å². The summed E-state index contributed by atoms with van der Waals surface area (Å²) in [6, 6.07) is 8.34. The largest absolute Gasteiger partial charge is 0.308 e. The zero-order valence-electron chi connectivity index (χ0n) is 9.18. The fourth-order valence-electron chi connectivity index (χ4n) is 1.70. The highest BCUT2D eigenvalue weighted by Gasteiger charge is 2.15. The van der Waals surface area contributed by atoms with Crippen LogP contribution in [-0.2, 0) is 7.05 Å². The monoisotopic (exact) mass is 280 g/mol. The first kappa shape index (κ1) is 11.3. The van der Waals surface area contributed by atoms with Gasteiger partial charge in [0.25, 0.3) is 0 Å². The first-order valence-corrected chi connectivity index (χ1v) is 5.79. The highest BCUT2D eigenvalue weighted by Crippen LogP contribution is 2.22. The molecule has 0 aliphatic heterocycles. The van der Waals surface area contributed by atoms with E-state index in [4.69, 9.17) is 0 Å². The van der Waals surface area contributed by atoms with E-state index in [1.54, 1.807) is 10.9 Å². The zero-order valence-corrected chi connectivity index (χ0v) is 10.8. The topological polar surface area (TPSA) is 42.7 Å². The summed E-state index contributed by atoms with van der Waals surface area (Å²) in [5, 5.41) is 11.1. The second-order valence-electron chi connectivity index (χ2n) is 3.56. The maximum atomic E-state index is 3.95. The SMILES string of the molecule is CNC(c1ccc(Br)cc1)c1cnnn1C. The molecule has 2 rings (SSSR count). The van der Waals surface area contributed by atoms with Gasteiger partial charge in [-0.2, -0.15) is 0 Å². The Morgan fingerprint density at radius 2 is 2.00 bits per heavy atom. The minimum Gasteiger partial charge on any atom is -0.308 e. The van der Waals surface area contributed by atoms with Crippen LogP contribution < -0.4 is 5.32 Å². The van der Waals surface area contributed by atoms with E-state index >= 15 is 0 Å². The lowest BCUT2D eigenvalue weighted by atomic mass is 10.0. The van der Waals surface area contributed by atoms with Crippen LogP contribution >= 0.6 is 15.9 Å². The maximum Gasteiger partial charge on any atom is 0.0798 e. The minimum atomic E-state index is 0.119. The van der Waals surface area contributed by atoms with Gasteiger partial charge in [0.05, 0.1) is 17.9 Å². The van der Waals surface area contributed by atoms with Crippen molar-refractivity contribution in [2.24, 2.45) is 7.05 Å². The van der Waals surface area contributed by atoms with E-state index < -0.39 is 0 Å². The summed E-state index contributed by atoms with van der Waals surface area (Å²) >= 11 is 3.43. The summed E-state index contributed by atoms with van der Waals surface area (Å²) < 4.78 is 2.86. The lowest BCUT2D eigenvalue weighted by molar-refractivity contribution is 0.598. The van der Waals surface area contributed by atoms with Crippen molar-refractivity contribution >= 4 is 15.9 Å². The Hall–Kier alpha value is -1.20. The molecule has 0 spiro atoms. The van der Waals surface area contributed by atoms with Crippen LogP contribution in [0.25, 0.3) is 0 Å². The molecule has 16 heavy (non-hydrogen) atoms. The molecular formula is C11H13BrN4. The van der Waals surface area contributed by atoms with E-state index in [1.165, 1.54) is 5.56 Å². The Labute approximate surface area is 103 Å². The minimum absolute atomic E-state index is 0.119. The molecular weight excluding hydrogens is 268 g/mol. The van der Waals surface area contributed by atoms with Gasteiger partial charge < -0.3 is 5.32 Å². The number of aryl methyl sites for hydroxylation is 1. The van der Waals surface area contributed by atoms with Gasteiger partial charge in [0.2, 0.25) is 0 Å². The number of rotatable bonds is 3. The van der Waals surface area contributed by atoms with Crippen molar-refractivity contribution in [1.29, 1.82) is 0 Å². The number of halogens is 1. The zero-order chi connectivity index (χ0) is 11.5. The fraction of sp³-hybridized carbons (Fsp3) is 0.273. The van der Waals surface area contributed by atoms with Crippen molar-refractivity contribution in [1.82, 2.24) is 20.3 Å². The van der Waals surface area contributed by atoms with E-state index in [-0.39, 0.29) is 6.04 Å². The molecule has 0 radical (unpaired) electrons. The summed E-state index contributed by atoms with van der Waals surface area (Å²) in [5.74, 6) is 0. The highest BCUT2D eigenvalue weighted by atomic mass is 79.9. The molecule has 0 saturated carbocycles. The van der Waals surface area contributed by atoms with Crippen molar-refractivity contribution in [2.45, 2.75) is 6.04 Å². The van der Waals surface area contributed by atoms with E-state index in [1.807, 2.05) is 26.2 Å². The maximum absolute atomic E-state index is 3.95. The van der Waals surface area contributed by atoms with Crippen LogP contribution in [0, 0.1) is 0 Å². The molecule has 1 heterocycles. The Bertz CT molecular complexity index is 463. The van der Waals surface area contributed by atoms with E-state index in [9.17, 15) is 0 Å². The van der Waals surface area contributed by atoms with Crippen LogP contribution in [0.15, 0.2) is 34.9 Å². The molecule has 1 aromatic heterocycles. The van der Waals surface area contributed by atoms with Crippen LogP contribution in [-0.4, -0.2) is 22.0 Å². The predicted molar refractivity (Wildman–Crippen MR) is 66.0 cm³/mol. The Kier molecular flexibility index (Phi) is 3.36. The molecule has 2 aromatic rings. The van der Waals surface area contributed by atoms with Crippen LogP contribution in [0.4, 0.5) is 0 Å². The Morgan fingerprint density at radius 1 is 1.31 bits per heavy atom.